The lowest BCUT2D eigenvalue weighted by Crippen LogP contribution is -2.47. The second-order valence-corrected chi connectivity index (χ2v) is 7.01. The second kappa shape index (κ2) is 4.86. The van der Waals surface area contributed by atoms with E-state index in [4.69, 9.17) is 4.99 Å². The molecule has 1 aliphatic carbocycles. The zero-order valence-electron chi connectivity index (χ0n) is 13.0. The molecule has 1 unspecified atom stereocenters. The van der Waals surface area contributed by atoms with Gasteiger partial charge in [0.2, 0.25) is 0 Å². The van der Waals surface area contributed by atoms with Gasteiger partial charge in [-0.1, -0.05) is 24.3 Å². The van der Waals surface area contributed by atoms with E-state index in [1.807, 2.05) is 12.1 Å². The van der Waals surface area contributed by atoms with E-state index < -0.39 is 5.54 Å². The molecule has 2 aliphatic rings. The molecule has 4 heteroatoms. The highest BCUT2D eigenvalue weighted by molar-refractivity contribution is 6.08. The summed E-state index contributed by atoms with van der Waals surface area (Å²) in [5.41, 5.74) is 1.47. The highest BCUT2D eigenvalue weighted by Crippen LogP contribution is 2.39. The molecule has 2 N–H and O–H groups in total. The average molecular weight is 285 g/mol. The van der Waals surface area contributed by atoms with Crippen molar-refractivity contribution in [1.82, 2.24) is 10.6 Å². The van der Waals surface area contributed by atoms with E-state index in [9.17, 15) is 4.79 Å². The minimum atomic E-state index is -0.735. The van der Waals surface area contributed by atoms with Crippen molar-refractivity contribution in [3.05, 3.63) is 35.4 Å². The van der Waals surface area contributed by atoms with Crippen LogP contribution in [0, 0.1) is 0 Å². The van der Waals surface area contributed by atoms with E-state index in [1.165, 1.54) is 5.56 Å². The molecule has 0 saturated heterocycles. The second-order valence-electron chi connectivity index (χ2n) is 7.01. The number of rotatable bonds is 0. The predicted molar refractivity (Wildman–Crippen MR) is 84.1 cm³/mol. The van der Waals surface area contributed by atoms with Crippen LogP contribution >= 0.6 is 0 Å². The van der Waals surface area contributed by atoms with Crippen LogP contribution in [0.1, 0.15) is 51.2 Å². The van der Waals surface area contributed by atoms with Crippen molar-refractivity contribution in [2.75, 3.05) is 0 Å². The molecule has 1 amide bonds. The minimum Gasteiger partial charge on any atom is -0.351 e. The summed E-state index contributed by atoms with van der Waals surface area (Å²) in [5, 5.41) is 6.23. The molecule has 4 nitrogen and oxygen atoms in total. The van der Waals surface area contributed by atoms with Gasteiger partial charge in [0.25, 0.3) is 5.91 Å². The number of nitrogens with zero attached hydrogens (tertiary/aromatic N) is 1. The normalized spacial score (nSPS) is 25.1. The van der Waals surface area contributed by atoms with Crippen LogP contribution in [0.25, 0.3) is 0 Å². The average Bonchev–Trinajstić information content (AvgIpc) is 2.59. The van der Waals surface area contributed by atoms with E-state index in [1.54, 1.807) is 0 Å². The molecular formula is C17H23N3O. The van der Waals surface area contributed by atoms with E-state index in [0.717, 1.165) is 31.2 Å². The standard InChI is InChI=1S/C17H23N3O/c1-16(2,3)19-15-18-14(21)17(20-15)11-7-6-9-12-8-4-5-10-13(12)17/h4-5,8,10H,6-7,9,11H2,1-3H3,(H2,18,19,20,21). The summed E-state index contributed by atoms with van der Waals surface area (Å²) in [7, 11) is 0. The summed E-state index contributed by atoms with van der Waals surface area (Å²) >= 11 is 0. The molecule has 0 bridgehead atoms. The molecule has 0 aromatic heterocycles. The summed E-state index contributed by atoms with van der Waals surface area (Å²) in [6.07, 6.45) is 3.95. The van der Waals surface area contributed by atoms with Gasteiger partial charge in [-0.2, -0.15) is 0 Å². The van der Waals surface area contributed by atoms with Gasteiger partial charge in [0, 0.05) is 5.54 Å². The van der Waals surface area contributed by atoms with Crippen LogP contribution in [0.3, 0.4) is 0 Å². The van der Waals surface area contributed by atoms with E-state index in [-0.39, 0.29) is 11.4 Å². The fourth-order valence-corrected chi connectivity index (χ4v) is 3.22. The number of nitrogens with one attached hydrogen (secondary N) is 2. The Kier molecular flexibility index (Phi) is 3.27. The lowest BCUT2D eigenvalue weighted by molar-refractivity contribution is -0.124. The summed E-state index contributed by atoms with van der Waals surface area (Å²) in [4.78, 5) is 17.5. The topological polar surface area (TPSA) is 53.5 Å². The molecule has 1 spiro atoms. The van der Waals surface area contributed by atoms with Crippen LogP contribution in [0.5, 0.6) is 0 Å². The van der Waals surface area contributed by atoms with Crippen molar-refractivity contribution in [1.29, 1.82) is 0 Å². The van der Waals surface area contributed by atoms with Crippen LogP contribution in [0.15, 0.2) is 29.3 Å². The number of aryl methyl sites for hydroxylation is 1. The Balaban J connectivity index is 2.05. The smallest absolute Gasteiger partial charge is 0.259 e. The SMILES string of the molecule is CC(C)(C)NC1=NC2(CCCCc3ccccc32)C(=O)N1. The number of carbonyl (C=O) groups is 1. The van der Waals surface area contributed by atoms with E-state index >= 15 is 0 Å². The molecule has 1 heterocycles. The maximum absolute atomic E-state index is 12.7. The molecule has 1 atom stereocenters. The van der Waals surface area contributed by atoms with E-state index in [2.05, 4.69) is 43.5 Å². The quantitative estimate of drug-likeness (QED) is 0.769. The molecular weight excluding hydrogens is 262 g/mol. The molecule has 1 aromatic rings. The first-order chi connectivity index (χ1) is 9.91. The van der Waals surface area contributed by atoms with Gasteiger partial charge in [-0.05, 0) is 57.6 Å². The maximum Gasteiger partial charge on any atom is 0.259 e. The van der Waals surface area contributed by atoms with Crippen LogP contribution < -0.4 is 10.6 Å². The first kappa shape index (κ1) is 14.1. The zero-order chi connectivity index (χ0) is 15.1. The number of hydrogen-bond acceptors (Lipinski definition) is 3. The molecule has 3 rings (SSSR count). The molecule has 1 aromatic carbocycles. The summed E-state index contributed by atoms with van der Waals surface area (Å²) in [6, 6.07) is 8.23. The Morgan fingerprint density at radius 1 is 1.24 bits per heavy atom. The van der Waals surface area contributed by atoms with Crippen molar-refractivity contribution >= 4 is 11.9 Å². The Bertz CT molecular complexity index is 600. The van der Waals surface area contributed by atoms with Crippen molar-refractivity contribution in [2.45, 2.75) is 57.5 Å². The number of fused-ring (bicyclic) bond motifs is 2. The number of amides is 1. The monoisotopic (exact) mass is 285 g/mol. The van der Waals surface area contributed by atoms with Gasteiger partial charge in [-0.15, -0.1) is 0 Å². The first-order valence-corrected chi connectivity index (χ1v) is 7.69. The zero-order valence-corrected chi connectivity index (χ0v) is 13.0. The Morgan fingerprint density at radius 2 is 2.00 bits per heavy atom. The third-order valence-corrected chi connectivity index (χ3v) is 4.10. The predicted octanol–water partition coefficient (Wildman–Crippen LogP) is 2.48. The van der Waals surface area contributed by atoms with Crippen LogP contribution in [0.2, 0.25) is 0 Å². The Morgan fingerprint density at radius 3 is 2.76 bits per heavy atom. The Labute approximate surface area is 126 Å². The van der Waals surface area contributed by atoms with Crippen LogP contribution in [0.4, 0.5) is 0 Å². The minimum absolute atomic E-state index is 0.00333. The van der Waals surface area contributed by atoms with Crippen molar-refractivity contribution in [3.8, 4) is 0 Å². The fourth-order valence-electron chi connectivity index (χ4n) is 3.22. The van der Waals surface area contributed by atoms with Crippen molar-refractivity contribution in [2.24, 2.45) is 4.99 Å². The van der Waals surface area contributed by atoms with Gasteiger partial charge in [-0.25, -0.2) is 4.99 Å². The van der Waals surface area contributed by atoms with Gasteiger partial charge in [0.1, 0.15) is 0 Å². The molecule has 0 fully saturated rings. The van der Waals surface area contributed by atoms with Gasteiger partial charge in [0.15, 0.2) is 11.5 Å². The lowest BCUT2D eigenvalue weighted by Gasteiger charge is -2.24. The number of carbonyl (C=O) groups excluding carboxylic acids is 1. The van der Waals surface area contributed by atoms with Gasteiger partial charge in [0.05, 0.1) is 0 Å². The van der Waals surface area contributed by atoms with Crippen molar-refractivity contribution in [3.63, 3.8) is 0 Å². The lowest BCUT2D eigenvalue weighted by atomic mass is 9.85. The maximum atomic E-state index is 12.7. The molecule has 1 aliphatic heterocycles. The number of hydrogen-bond donors (Lipinski definition) is 2. The summed E-state index contributed by atoms with van der Waals surface area (Å²) in [6.45, 7) is 6.19. The number of benzene rings is 1. The largest absolute Gasteiger partial charge is 0.351 e. The molecule has 21 heavy (non-hydrogen) atoms. The highest BCUT2D eigenvalue weighted by Gasteiger charge is 2.47. The molecule has 0 radical (unpaired) electrons. The third-order valence-electron chi connectivity index (χ3n) is 4.10. The first-order valence-electron chi connectivity index (χ1n) is 7.69. The molecule has 112 valence electrons. The highest BCUT2D eigenvalue weighted by atomic mass is 16.2. The third kappa shape index (κ3) is 2.55. The van der Waals surface area contributed by atoms with Gasteiger partial charge >= 0.3 is 0 Å². The van der Waals surface area contributed by atoms with Crippen molar-refractivity contribution < 1.29 is 4.79 Å². The summed E-state index contributed by atoms with van der Waals surface area (Å²) in [5.74, 6) is 0.604. The van der Waals surface area contributed by atoms with Gasteiger partial charge < -0.3 is 5.32 Å². The summed E-state index contributed by atoms with van der Waals surface area (Å²) < 4.78 is 0. The molecule has 0 saturated carbocycles. The fraction of sp³-hybridized carbons (Fsp3) is 0.529. The number of guanidine groups is 1. The van der Waals surface area contributed by atoms with Crippen LogP contribution in [-0.2, 0) is 16.8 Å². The van der Waals surface area contributed by atoms with Gasteiger partial charge in [-0.3, -0.25) is 10.1 Å². The van der Waals surface area contributed by atoms with E-state index in [0.29, 0.717) is 5.96 Å². The van der Waals surface area contributed by atoms with Crippen LogP contribution in [-0.4, -0.2) is 17.4 Å². The number of aliphatic imine (C=N–C) groups is 1. The Hall–Kier alpha value is -1.84.